The van der Waals surface area contributed by atoms with E-state index in [1.54, 1.807) is 34.1 Å². The molecule has 152 valence electrons. The summed E-state index contributed by atoms with van der Waals surface area (Å²) in [5, 5.41) is 2.77. The number of nitrogens with one attached hydrogen (secondary N) is 1. The molecule has 2 heterocycles. The number of ether oxygens (including phenoxy) is 2. The monoisotopic (exact) mass is 390 g/mol. The van der Waals surface area contributed by atoms with Crippen LogP contribution in [-0.4, -0.2) is 98.7 Å². The van der Waals surface area contributed by atoms with Gasteiger partial charge in [0.05, 0.1) is 38.1 Å². The summed E-state index contributed by atoms with van der Waals surface area (Å²) in [5.41, 5.74) is 0.711. The van der Waals surface area contributed by atoms with Gasteiger partial charge in [0.15, 0.2) is 0 Å². The van der Waals surface area contributed by atoms with Crippen molar-refractivity contribution >= 4 is 23.6 Å². The van der Waals surface area contributed by atoms with E-state index in [4.69, 9.17) is 9.47 Å². The number of anilines is 1. The zero-order valence-corrected chi connectivity index (χ0v) is 16.1. The highest BCUT2D eigenvalue weighted by Crippen LogP contribution is 2.17. The van der Waals surface area contributed by atoms with E-state index in [1.807, 2.05) is 0 Å². The minimum absolute atomic E-state index is 0.0815. The molecule has 2 fully saturated rings. The fourth-order valence-corrected chi connectivity index (χ4v) is 3.28. The molecule has 9 heteroatoms. The van der Waals surface area contributed by atoms with E-state index in [2.05, 4.69) is 10.2 Å². The van der Waals surface area contributed by atoms with Crippen molar-refractivity contribution in [1.82, 2.24) is 14.7 Å². The van der Waals surface area contributed by atoms with E-state index < -0.39 is 5.97 Å². The van der Waals surface area contributed by atoms with Gasteiger partial charge >= 0.3 is 12.0 Å². The molecule has 0 atom stereocenters. The third-order valence-corrected chi connectivity index (χ3v) is 4.96. The first-order chi connectivity index (χ1) is 13.6. The first-order valence-corrected chi connectivity index (χ1v) is 9.39. The van der Waals surface area contributed by atoms with Gasteiger partial charge in [0.25, 0.3) is 0 Å². The van der Waals surface area contributed by atoms with Crippen LogP contribution < -0.4 is 5.32 Å². The maximum Gasteiger partial charge on any atom is 0.339 e. The Kier molecular flexibility index (Phi) is 6.83. The number of carbonyl (C=O) groups excluding carboxylic acids is 3. The molecule has 2 aliphatic rings. The lowest BCUT2D eigenvalue weighted by Gasteiger charge is -2.36. The number of amides is 3. The Morgan fingerprint density at radius 3 is 2.32 bits per heavy atom. The van der Waals surface area contributed by atoms with Crippen LogP contribution >= 0.6 is 0 Å². The molecule has 0 aromatic heterocycles. The summed E-state index contributed by atoms with van der Waals surface area (Å²) in [6.07, 6.45) is 0. The van der Waals surface area contributed by atoms with Crippen LogP contribution in [-0.2, 0) is 14.3 Å². The lowest BCUT2D eigenvalue weighted by atomic mass is 10.2. The number of nitrogens with zero attached hydrogens (tertiary/aromatic N) is 3. The Labute approximate surface area is 164 Å². The van der Waals surface area contributed by atoms with Crippen molar-refractivity contribution in [3.63, 3.8) is 0 Å². The lowest BCUT2D eigenvalue weighted by molar-refractivity contribution is -0.134. The Bertz CT molecular complexity index is 712. The molecular weight excluding hydrogens is 364 g/mol. The van der Waals surface area contributed by atoms with Gasteiger partial charge in [-0.1, -0.05) is 12.1 Å². The number of methoxy groups -OCH3 is 1. The molecule has 0 bridgehead atoms. The normalized spacial score (nSPS) is 17.9. The van der Waals surface area contributed by atoms with Crippen LogP contribution in [0, 0.1) is 0 Å². The van der Waals surface area contributed by atoms with E-state index in [0.717, 1.165) is 13.1 Å². The van der Waals surface area contributed by atoms with Gasteiger partial charge in [-0.25, -0.2) is 9.59 Å². The zero-order valence-electron chi connectivity index (χ0n) is 16.1. The number of benzene rings is 1. The van der Waals surface area contributed by atoms with Crippen molar-refractivity contribution in [2.24, 2.45) is 0 Å². The molecule has 0 aliphatic carbocycles. The van der Waals surface area contributed by atoms with Crippen LogP contribution in [0.2, 0.25) is 0 Å². The summed E-state index contributed by atoms with van der Waals surface area (Å²) in [6, 6.07) is 6.41. The van der Waals surface area contributed by atoms with Gasteiger partial charge in [0, 0.05) is 39.3 Å². The highest BCUT2D eigenvalue weighted by Gasteiger charge is 2.26. The minimum atomic E-state index is -0.505. The van der Waals surface area contributed by atoms with Crippen LogP contribution in [0.4, 0.5) is 10.5 Å². The third-order valence-electron chi connectivity index (χ3n) is 4.96. The average Bonchev–Trinajstić information content (AvgIpc) is 2.74. The van der Waals surface area contributed by atoms with Crippen LogP contribution in [0.15, 0.2) is 24.3 Å². The van der Waals surface area contributed by atoms with Crippen LogP contribution in [0.1, 0.15) is 10.4 Å². The van der Waals surface area contributed by atoms with Crippen molar-refractivity contribution in [3.8, 4) is 0 Å². The Balaban J connectivity index is 1.50. The van der Waals surface area contributed by atoms with E-state index in [0.29, 0.717) is 57.2 Å². The smallest absolute Gasteiger partial charge is 0.339 e. The SMILES string of the molecule is COC(=O)c1ccccc1NC(=O)N1CCN(C(=O)CN2CCOCC2)CC1. The molecule has 3 rings (SSSR count). The van der Waals surface area contributed by atoms with Gasteiger partial charge in [-0.2, -0.15) is 0 Å². The average molecular weight is 390 g/mol. The lowest BCUT2D eigenvalue weighted by Crippen LogP contribution is -2.54. The molecule has 28 heavy (non-hydrogen) atoms. The molecular formula is C19H26N4O5. The molecule has 0 radical (unpaired) electrons. The van der Waals surface area contributed by atoms with Gasteiger partial charge in [0.2, 0.25) is 5.91 Å². The fraction of sp³-hybridized carbons (Fsp3) is 0.526. The second kappa shape index (κ2) is 9.52. The topological polar surface area (TPSA) is 91.4 Å². The fourth-order valence-electron chi connectivity index (χ4n) is 3.28. The second-order valence-corrected chi connectivity index (χ2v) is 6.72. The number of rotatable bonds is 4. The van der Waals surface area contributed by atoms with Crippen LogP contribution in [0.3, 0.4) is 0 Å². The van der Waals surface area contributed by atoms with Gasteiger partial charge in [-0.05, 0) is 12.1 Å². The van der Waals surface area contributed by atoms with Gasteiger partial charge in [-0.15, -0.1) is 0 Å². The van der Waals surface area contributed by atoms with E-state index in [-0.39, 0.29) is 11.9 Å². The maximum absolute atomic E-state index is 12.6. The summed E-state index contributed by atoms with van der Waals surface area (Å²) in [7, 11) is 1.30. The number of para-hydroxylation sites is 1. The number of piperazine rings is 1. The van der Waals surface area contributed by atoms with Crippen molar-refractivity contribution in [2.75, 3.05) is 71.5 Å². The highest BCUT2D eigenvalue weighted by molar-refractivity contribution is 6.00. The molecule has 0 spiro atoms. The van der Waals surface area contributed by atoms with Crippen LogP contribution in [0.5, 0.6) is 0 Å². The van der Waals surface area contributed by atoms with Gasteiger partial charge in [-0.3, -0.25) is 9.69 Å². The number of carbonyl (C=O) groups is 3. The summed E-state index contributed by atoms with van der Waals surface area (Å²) >= 11 is 0. The summed E-state index contributed by atoms with van der Waals surface area (Å²) in [5.74, 6) is -0.424. The number of urea groups is 1. The highest BCUT2D eigenvalue weighted by atomic mass is 16.5. The summed E-state index contributed by atoms with van der Waals surface area (Å²) in [6.45, 7) is 5.14. The maximum atomic E-state index is 12.6. The molecule has 1 N–H and O–H groups in total. The van der Waals surface area contributed by atoms with Crippen LogP contribution in [0.25, 0.3) is 0 Å². The Hall–Kier alpha value is -2.65. The molecule has 0 saturated carbocycles. The molecule has 2 aliphatic heterocycles. The number of hydrogen-bond acceptors (Lipinski definition) is 6. The Morgan fingerprint density at radius 2 is 1.64 bits per heavy atom. The molecule has 2 saturated heterocycles. The van der Waals surface area contributed by atoms with Crippen molar-refractivity contribution in [3.05, 3.63) is 29.8 Å². The van der Waals surface area contributed by atoms with E-state index >= 15 is 0 Å². The van der Waals surface area contributed by atoms with Gasteiger partial charge in [0.1, 0.15) is 0 Å². The number of esters is 1. The Morgan fingerprint density at radius 1 is 1.00 bits per heavy atom. The molecule has 3 amide bonds. The molecule has 0 unspecified atom stereocenters. The summed E-state index contributed by atoms with van der Waals surface area (Å²) in [4.78, 5) is 42.4. The standard InChI is InChI=1S/C19H26N4O5/c1-27-18(25)15-4-2-3-5-16(15)20-19(26)23-8-6-22(7-9-23)17(24)14-21-10-12-28-13-11-21/h2-5H,6-14H2,1H3,(H,20,26). The largest absolute Gasteiger partial charge is 0.465 e. The summed E-state index contributed by atoms with van der Waals surface area (Å²) < 4.78 is 10.0. The quantitative estimate of drug-likeness (QED) is 0.752. The number of morpholine rings is 1. The molecule has 1 aromatic carbocycles. The van der Waals surface area contributed by atoms with Crippen molar-refractivity contribution < 1.29 is 23.9 Å². The predicted octanol–water partition coefficient (Wildman–Crippen LogP) is 0.482. The first-order valence-electron chi connectivity index (χ1n) is 9.39. The van der Waals surface area contributed by atoms with E-state index in [9.17, 15) is 14.4 Å². The van der Waals surface area contributed by atoms with E-state index in [1.165, 1.54) is 7.11 Å². The first kappa shape index (κ1) is 20.1. The minimum Gasteiger partial charge on any atom is -0.465 e. The zero-order chi connectivity index (χ0) is 19.9. The van der Waals surface area contributed by atoms with Crippen molar-refractivity contribution in [1.29, 1.82) is 0 Å². The molecule has 1 aromatic rings. The predicted molar refractivity (Wildman–Crippen MR) is 102 cm³/mol. The third kappa shape index (κ3) is 4.99. The van der Waals surface area contributed by atoms with Crippen molar-refractivity contribution in [2.45, 2.75) is 0 Å². The second-order valence-electron chi connectivity index (χ2n) is 6.72. The van der Waals surface area contributed by atoms with Gasteiger partial charge < -0.3 is 24.6 Å². The number of hydrogen-bond donors (Lipinski definition) is 1. The molecule has 9 nitrogen and oxygen atoms in total.